The van der Waals surface area contributed by atoms with Gasteiger partial charge in [-0.1, -0.05) is 12.1 Å². The molecule has 0 bridgehead atoms. The predicted octanol–water partition coefficient (Wildman–Crippen LogP) is 1.78. The van der Waals surface area contributed by atoms with E-state index in [1.54, 1.807) is 31.4 Å². The SMILES string of the molecule is [B]C([B])(NC(=O)c1sc2nnc(C)c(C)c2c1N)c1ccc(OC)cc1. The molecule has 6 nitrogen and oxygen atoms in total. The highest BCUT2D eigenvalue weighted by molar-refractivity contribution is 7.21. The fourth-order valence-corrected chi connectivity index (χ4v) is 3.59. The van der Waals surface area contributed by atoms with Gasteiger partial charge in [-0.2, -0.15) is 5.10 Å². The fraction of sp³-hybridized carbons (Fsp3) is 0.235. The maximum atomic E-state index is 12.7. The van der Waals surface area contributed by atoms with Crippen molar-refractivity contribution in [2.24, 2.45) is 0 Å². The summed E-state index contributed by atoms with van der Waals surface area (Å²) in [5.74, 6) is 0.192. The fourth-order valence-electron chi connectivity index (χ4n) is 2.59. The van der Waals surface area contributed by atoms with Gasteiger partial charge in [0.25, 0.3) is 5.91 Å². The molecule has 26 heavy (non-hydrogen) atoms. The van der Waals surface area contributed by atoms with Crippen molar-refractivity contribution in [3.05, 3.63) is 46.0 Å². The molecular formula is C17H16B2N4O2S. The first-order chi connectivity index (χ1) is 12.2. The Morgan fingerprint density at radius 2 is 1.88 bits per heavy atom. The second-order valence-electron chi connectivity index (χ2n) is 5.99. The van der Waals surface area contributed by atoms with Crippen LogP contribution in [0.15, 0.2) is 24.3 Å². The van der Waals surface area contributed by atoms with Gasteiger partial charge in [-0.25, -0.2) is 0 Å². The lowest BCUT2D eigenvalue weighted by Crippen LogP contribution is -2.46. The second-order valence-corrected chi connectivity index (χ2v) is 6.99. The molecule has 9 heteroatoms. The van der Waals surface area contributed by atoms with Crippen molar-refractivity contribution in [3.63, 3.8) is 0 Å². The van der Waals surface area contributed by atoms with Gasteiger partial charge >= 0.3 is 0 Å². The molecule has 0 fully saturated rings. The molecule has 128 valence electrons. The quantitative estimate of drug-likeness (QED) is 0.691. The number of carbonyl (C=O) groups is 1. The highest BCUT2D eigenvalue weighted by Crippen LogP contribution is 2.35. The lowest BCUT2D eigenvalue weighted by atomic mass is 9.58. The standard InChI is InChI=1S/C17H16B2N4O2S/c1-8-9(2)22-23-16-12(8)13(20)14(26-16)15(24)21-17(18,19)10-4-6-11(25-3)7-5-10/h4-7H,20H2,1-3H3,(H,21,24). The number of nitrogens with zero attached hydrogens (tertiary/aromatic N) is 2. The van der Waals surface area contributed by atoms with Crippen LogP contribution in [0.1, 0.15) is 26.5 Å². The van der Waals surface area contributed by atoms with Crippen molar-refractivity contribution in [2.45, 2.75) is 19.2 Å². The van der Waals surface area contributed by atoms with Gasteiger partial charge in [0.2, 0.25) is 0 Å². The molecule has 0 aliphatic heterocycles. The molecule has 0 spiro atoms. The highest BCUT2D eigenvalue weighted by atomic mass is 32.1. The molecule has 2 heterocycles. The summed E-state index contributed by atoms with van der Waals surface area (Å²) in [5.41, 5.74) is 8.72. The Balaban J connectivity index is 1.93. The number of nitrogen functional groups attached to an aromatic ring is 1. The monoisotopic (exact) mass is 362 g/mol. The third-order valence-electron chi connectivity index (χ3n) is 4.23. The topological polar surface area (TPSA) is 90.1 Å². The molecule has 0 aliphatic rings. The molecule has 1 amide bonds. The van der Waals surface area contributed by atoms with Gasteiger partial charge in [-0.3, -0.25) is 4.79 Å². The Morgan fingerprint density at radius 1 is 1.23 bits per heavy atom. The van der Waals surface area contributed by atoms with Gasteiger partial charge in [0.1, 0.15) is 15.5 Å². The number of amides is 1. The number of hydrogen-bond acceptors (Lipinski definition) is 6. The average Bonchev–Trinajstić information content (AvgIpc) is 2.95. The van der Waals surface area contributed by atoms with Crippen LogP contribution in [-0.2, 0) is 5.34 Å². The van der Waals surface area contributed by atoms with Crippen LogP contribution in [0.25, 0.3) is 10.2 Å². The summed E-state index contributed by atoms with van der Waals surface area (Å²) in [6, 6.07) is 6.80. The van der Waals surface area contributed by atoms with Crippen LogP contribution in [0.3, 0.4) is 0 Å². The van der Waals surface area contributed by atoms with Crippen LogP contribution in [-0.4, -0.2) is 38.9 Å². The smallest absolute Gasteiger partial charge is 0.262 e. The zero-order valence-corrected chi connectivity index (χ0v) is 15.5. The Bertz CT molecular complexity index is 987. The third kappa shape index (κ3) is 3.14. The van der Waals surface area contributed by atoms with Crippen LogP contribution in [0.2, 0.25) is 0 Å². The normalized spacial score (nSPS) is 11.5. The van der Waals surface area contributed by atoms with Crippen LogP contribution in [0.5, 0.6) is 5.75 Å². The van der Waals surface area contributed by atoms with Gasteiger partial charge in [-0.05, 0) is 42.4 Å². The van der Waals surface area contributed by atoms with E-state index in [4.69, 9.17) is 26.2 Å². The molecule has 0 saturated carbocycles. The first kappa shape index (κ1) is 18.3. The van der Waals surface area contributed by atoms with E-state index in [0.717, 1.165) is 28.0 Å². The lowest BCUT2D eigenvalue weighted by molar-refractivity contribution is 0.0947. The number of fused-ring (bicyclic) bond motifs is 1. The van der Waals surface area contributed by atoms with E-state index >= 15 is 0 Å². The van der Waals surface area contributed by atoms with Crippen LogP contribution in [0.4, 0.5) is 5.69 Å². The number of nitrogens with one attached hydrogen (secondary N) is 1. The molecule has 0 atom stereocenters. The minimum Gasteiger partial charge on any atom is -0.497 e. The lowest BCUT2D eigenvalue weighted by Gasteiger charge is -2.28. The molecular weight excluding hydrogens is 346 g/mol. The van der Waals surface area contributed by atoms with Crippen molar-refractivity contribution in [1.29, 1.82) is 0 Å². The number of carbonyl (C=O) groups excluding carboxylic acids is 1. The van der Waals surface area contributed by atoms with Crippen molar-refractivity contribution < 1.29 is 9.53 Å². The third-order valence-corrected chi connectivity index (χ3v) is 5.32. The number of ether oxygens (including phenoxy) is 1. The summed E-state index contributed by atoms with van der Waals surface area (Å²) >= 11 is 1.16. The molecule has 2 aromatic heterocycles. The van der Waals surface area contributed by atoms with Gasteiger partial charge < -0.3 is 15.8 Å². The van der Waals surface area contributed by atoms with Crippen molar-refractivity contribution in [1.82, 2.24) is 15.5 Å². The summed E-state index contributed by atoms with van der Waals surface area (Å²) in [4.78, 5) is 13.6. The van der Waals surface area contributed by atoms with E-state index < -0.39 is 11.2 Å². The van der Waals surface area contributed by atoms with E-state index in [-0.39, 0.29) is 0 Å². The molecule has 3 rings (SSSR count). The molecule has 1 aromatic carbocycles. The number of hydrogen-bond donors (Lipinski definition) is 2. The maximum Gasteiger partial charge on any atom is 0.262 e. The van der Waals surface area contributed by atoms with E-state index in [1.807, 2.05) is 13.8 Å². The summed E-state index contributed by atoms with van der Waals surface area (Å²) < 4.78 is 5.11. The number of methoxy groups -OCH3 is 1. The Morgan fingerprint density at radius 3 is 2.50 bits per heavy atom. The van der Waals surface area contributed by atoms with Crippen molar-refractivity contribution in [2.75, 3.05) is 12.8 Å². The van der Waals surface area contributed by atoms with Gasteiger partial charge in [0.05, 0.1) is 34.2 Å². The number of rotatable bonds is 4. The number of aryl methyl sites for hydroxylation is 2. The van der Waals surface area contributed by atoms with Crippen LogP contribution in [0, 0.1) is 13.8 Å². The zero-order valence-electron chi connectivity index (χ0n) is 14.7. The van der Waals surface area contributed by atoms with E-state index in [0.29, 0.717) is 26.7 Å². The number of benzene rings is 1. The zero-order chi connectivity index (χ0) is 19.1. The summed E-state index contributed by atoms with van der Waals surface area (Å²) in [7, 11) is 13.8. The summed E-state index contributed by atoms with van der Waals surface area (Å²) in [6.45, 7) is 3.73. The number of aromatic nitrogens is 2. The molecule has 0 aliphatic carbocycles. The van der Waals surface area contributed by atoms with Gasteiger partial charge in [0.15, 0.2) is 0 Å². The number of anilines is 1. The second kappa shape index (κ2) is 6.64. The summed E-state index contributed by atoms with van der Waals surface area (Å²) in [6.07, 6.45) is 0. The van der Waals surface area contributed by atoms with E-state index in [9.17, 15) is 4.79 Å². The van der Waals surface area contributed by atoms with Gasteiger partial charge in [0, 0.05) is 5.39 Å². The van der Waals surface area contributed by atoms with Crippen molar-refractivity contribution >= 4 is 48.8 Å². The summed E-state index contributed by atoms with van der Waals surface area (Å²) in [5, 5.41) is 9.97. The van der Waals surface area contributed by atoms with E-state index in [2.05, 4.69) is 15.5 Å². The minimum atomic E-state index is -1.57. The van der Waals surface area contributed by atoms with Gasteiger partial charge in [-0.15, -0.1) is 16.4 Å². The number of nitrogens with two attached hydrogens (primary N) is 1. The largest absolute Gasteiger partial charge is 0.497 e. The Labute approximate surface area is 158 Å². The average molecular weight is 362 g/mol. The van der Waals surface area contributed by atoms with Crippen molar-refractivity contribution in [3.8, 4) is 5.75 Å². The molecule has 4 radical (unpaired) electrons. The molecule has 0 unspecified atom stereocenters. The van der Waals surface area contributed by atoms with Crippen LogP contribution < -0.4 is 15.8 Å². The Kier molecular flexibility index (Phi) is 4.66. The molecule has 3 N–H and O–H groups in total. The Hall–Kier alpha value is -2.54. The first-order valence-electron chi connectivity index (χ1n) is 7.81. The molecule has 3 aromatic rings. The highest BCUT2D eigenvalue weighted by Gasteiger charge is 2.26. The molecule has 0 saturated heterocycles. The van der Waals surface area contributed by atoms with E-state index in [1.165, 1.54) is 0 Å². The minimum absolute atomic E-state index is 0.303. The predicted molar refractivity (Wildman–Crippen MR) is 105 cm³/mol. The maximum absolute atomic E-state index is 12.7. The van der Waals surface area contributed by atoms with Crippen LogP contribution >= 0.6 is 11.3 Å². The number of thiophene rings is 1. The first-order valence-corrected chi connectivity index (χ1v) is 8.63.